The minimum atomic E-state index is -2.29. The molecular weight excluding hydrogens is 1370 g/mol. The highest BCUT2D eigenvalue weighted by molar-refractivity contribution is 5.92. The largest absolute Gasteiger partial charge is 0.508 e. The van der Waals surface area contributed by atoms with E-state index in [1.54, 1.807) is 12.1 Å². The fourth-order valence-electron chi connectivity index (χ4n) is 12.2. The summed E-state index contributed by atoms with van der Waals surface area (Å²) >= 11 is 0. The zero-order valence-corrected chi connectivity index (χ0v) is 55.8. The number of allylic oxidation sites excluding steroid dienone is 3. The topological polar surface area (TPSA) is 543 Å². The molecule has 8 rings (SSSR count). The predicted molar refractivity (Wildman–Crippen MR) is 328 cm³/mol. The van der Waals surface area contributed by atoms with Crippen LogP contribution in [0.1, 0.15) is 45.6 Å². The van der Waals surface area contributed by atoms with Crippen molar-refractivity contribution in [1.29, 1.82) is 0 Å². The maximum atomic E-state index is 14.5. The van der Waals surface area contributed by atoms with Gasteiger partial charge in [0.25, 0.3) is 0 Å². The second kappa shape index (κ2) is 36.5. The van der Waals surface area contributed by atoms with Gasteiger partial charge in [0.1, 0.15) is 111 Å². The number of carbonyl (C=O) groups excluding carboxylic acids is 6. The van der Waals surface area contributed by atoms with Crippen LogP contribution in [0.4, 0.5) is 0 Å². The summed E-state index contributed by atoms with van der Waals surface area (Å²) in [6, 6.07) is 6.16. The standard InChI is InChI=1S/C65H86O37/c1-7-28-31(34(56(83)86-4)21-92-59(28)100-63-52(80)48(76)44(72)37(19-66)95-63)17-42(70)91-25-40-47(75)55(99-43(71)18-33-30(9-3)60(93-23-36(33)58(85)88-6)101-64-53(81)49(77)45(73)38(20-67)96-64)54(82)65(98-40)102-61-29(8-2)32(35(22-94-61)57(84)87-5)16-41(69)90-24-39-46(74)50(78)51(79)62(97-39)89-15-14-26-10-12-27(68)13-11-26/h7-13,21-23,31-33,37-40,44-55,59-68,72-82H,14-20,24-25H2,1-6H3. The van der Waals surface area contributed by atoms with Crippen LogP contribution in [-0.2, 0) is 116 Å². The van der Waals surface area contributed by atoms with E-state index in [0.29, 0.717) is 0 Å². The SMILES string of the molecule is CC=C1C(OC2OC(CO)C(O)C(O)C2O)OC=C(C(=O)OC)C1CC(=O)OCC1OC(OC2OC=C(C(=O)OC)C(CC(=O)OCC3OC(OCCc4ccc(O)cc4)C(O)C(O)C3O)C2=CC)C(O)C(OC(=O)CC2C(C(=O)OC)=COC(OC3OC(CO)C(O)C(O)C3O)C2=CC)C1O. The van der Waals surface area contributed by atoms with Crippen molar-refractivity contribution >= 4 is 35.8 Å². The van der Waals surface area contributed by atoms with E-state index >= 15 is 0 Å². The van der Waals surface area contributed by atoms with E-state index in [9.17, 15) is 100 Å². The summed E-state index contributed by atoms with van der Waals surface area (Å²) in [7, 11) is 3.06. The summed E-state index contributed by atoms with van der Waals surface area (Å²) in [6.45, 7) is 0.834. The first-order valence-corrected chi connectivity index (χ1v) is 32.2. The molecular formula is C65H86O37. The van der Waals surface area contributed by atoms with Gasteiger partial charge in [-0.05, 0) is 44.9 Å². The molecule has 0 saturated carbocycles. The van der Waals surface area contributed by atoms with Crippen molar-refractivity contribution in [2.75, 3.05) is 54.4 Å². The first-order chi connectivity index (χ1) is 48.7. The summed E-state index contributed by atoms with van der Waals surface area (Å²) in [5.74, 6) is -10.7. The molecule has 14 N–H and O–H groups in total. The number of rotatable bonds is 26. The Labute approximate surface area is 581 Å². The van der Waals surface area contributed by atoms with Gasteiger partial charge in [0.05, 0.1) is 95.9 Å². The molecule has 7 aliphatic heterocycles. The van der Waals surface area contributed by atoms with Crippen molar-refractivity contribution in [2.45, 2.75) is 188 Å². The quantitative estimate of drug-likeness (QED) is 0.0234. The second-order valence-corrected chi connectivity index (χ2v) is 24.2. The smallest absolute Gasteiger partial charge is 0.337 e. The Morgan fingerprint density at radius 2 is 0.775 bits per heavy atom. The Kier molecular flexibility index (Phi) is 28.8. The Balaban J connectivity index is 1.03. The van der Waals surface area contributed by atoms with Gasteiger partial charge >= 0.3 is 35.8 Å². The van der Waals surface area contributed by atoms with Crippen molar-refractivity contribution in [2.24, 2.45) is 17.8 Å². The van der Waals surface area contributed by atoms with E-state index in [1.165, 1.54) is 51.1 Å². The van der Waals surface area contributed by atoms with E-state index < -0.39 is 241 Å². The van der Waals surface area contributed by atoms with Crippen molar-refractivity contribution < 1.29 is 181 Å². The maximum Gasteiger partial charge on any atom is 0.337 e. The highest BCUT2D eigenvalue weighted by Crippen LogP contribution is 2.41. The predicted octanol–water partition coefficient (Wildman–Crippen LogP) is -5.05. The Hall–Kier alpha value is -7.16. The number of ether oxygens (including phenoxy) is 17. The third kappa shape index (κ3) is 18.5. The van der Waals surface area contributed by atoms with Crippen LogP contribution in [0.3, 0.4) is 0 Å². The van der Waals surface area contributed by atoms with Gasteiger partial charge in [-0.1, -0.05) is 30.4 Å². The molecule has 37 nitrogen and oxygen atoms in total. The summed E-state index contributed by atoms with van der Waals surface area (Å²) in [5.41, 5.74) is -0.286. The van der Waals surface area contributed by atoms with E-state index in [4.69, 9.17) is 80.5 Å². The zero-order valence-electron chi connectivity index (χ0n) is 55.8. The molecule has 0 aromatic heterocycles. The molecule has 4 fully saturated rings. The molecule has 0 amide bonds. The number of benzene rings is 1. The Morgan fingerprint density at radius 3 is 1.16 bits per heavy atom. The van der Waals surface area contributed by atoms with Crippen LogP contribution in [0.25, 0.3) is 0 Å². The number of aliphatic hydroxyl groups is 13. The maximum absolute atomic E-state index is 14.5. The average molecular weight is 1460 g/mol. The van der Waals surface area contributed by atoms with Crippen molar-refractivity contribution in [3.8, 4) is 5.75 Å². The van der Waals surface area contributed by atoms with Gasteiger partial charge in [0.15, 0.2) is 31.3 Å². The molecule has 4 saturated heterocycles. The number of hydrogen-bond acceptors (Lipinski definition) is 37. The van der Waals surface area contributed by atoms with Crippen LogP contribution in [0.5, 0.6) is 5.75 Å². The fraction of sp³-hybridized carbons (Fsp3) is 0.631. The summed E-state index contributed by atoms with van der Waals surface area (Å²) < 4.78 is 95.5. The molecule has 0 aliphatic carbocycles. The Morgan fingerprint density at radius 1 is 0.431 bits per heavy atom. The van der Waals surface area contributed by atoms with Crippen molar-refractivity contribution in [3.05, 3.63) is 100 Å². The number of phenols is 1. The molecule has 7 heterocycles. The van der Waals surface area contributed by atoms with Gasteiger partial charge in [0, 0.05) is 34.5 Å². The minimum absolute atomic E-state index is 0.00577. The summed E-state index contributed by atoms with van der Waals surface area (Å²) in [6.07, 6.45) is -37.3. The van der Waals surface area contributed by atoms with E-state index in [-0.39, 0.29) is 52.2 Å². The summed E-state index contributed by atoms with van der Waals surface area (Å²) in [4.78, 5) is 82.6. The zero-order chi connectivity index (χ0) is 74.5. The van der Waals surface area contributed by atoms with Crippen molar-refractivity contribution in [1.82, 2.24) is 0 Å². The molecule has 37 heteroatoms. The molecule has 0 bridgehead atoms. The van der Waals surface area contributed by atoms with Gasteiger partial charge in [0.2, 0.25) is 18.9 Å². The highest BCUT2D eigenvalue weighted by atomic mass is 16.8. The van der Waals surface area contributed by atoms with Gasteiger partial charge < -0.3 is 152 Å². The normalized spacial score (nSPS) is 37.5. The van der Waals surface area contributed by atoms with Gasteiger partial charge in [-0.3, -0.25) is 14.4 Å². The van der Waals surface area contributed by atoms with Crippen LogP contribution < -0.4 is 0 Å². The first kappa shape index (κ1) is 80.5. The number of aliphatic hydroxyl groups excluding tert-OH is 13. The molecule has 568 valence electrons. The molecule has 102 heavy (non-hydrogen) atoms. The fourth-order valence-corrected chi connectivity index (χ4v) is 12.2. The van der Waals surface area contributed by atoms with Crippen molar-refractivity contribution in [3.63, 3.8) is 0 Å². The summed E-state index contributed by atoms with van der Waals surface area (Å²) in [5, 5.41) is 149. The van der Waals surface area contributed by atoms with E-state index in [1.807, 2.05) is 0 Å². The lowest BCUT2D eigenvalue weighted by Crippen LogP contribution is -2.61. The molecule has 0 spiro atoms. The monoisotopic (exact) mass is 1460 g/mol. The molecule has 1 aromatic carbocycles. The first-order valence-electron chi connectivity index (χ1n) is 32.2. The number of esters is 6. The molecule has 7 aliphatic rings. The van der Waals surface area contributed by atoms with Gasteiger partial charge in [-0.2, -0.15) is 0 Å². The number of aromatic hydroxyl groups is 1. The number of phenolic OH excluding ortho intramolecular Hbond substituents is 1. The minimum Gasteiger partial charge on any atom is -0.508 e. The molecule has 26 unspecified atom stereocenters. The average Bonchev–Trinajstić information content (AvgIpc) is 0.792. The second-order valence-electron chi connectivity index (χ2n) is 24.2. The van der Waals surface area contributed by atoms with Crippen LogP contribution in [-0.4, -0.2) is 303 Å². The molecule has 1 aromatic rings. The number of methoxy groups -OCH3 is 3. The third-order valence-electron chi connectivity index (χ3n) is 18.0. The lowest BCUT2D eigenvalue weighted by atomic mass is 9.86. The number of hydrogen-bond donors (Lipinski definition) is 14. The van der Waals surface area contributed by atoms with Gasteiger partial charge in [-0.25, -0.2) is 14.4 Å². The molecule has 0 radical (unpaired) electrons. The van der Waals surface area contributed by atoms with Gasteiger partial charge in [-0.15, -0.1) is 0 Å². The molecule has 26 atom stereocenters. The number of carbonyl (C=O) groups is 6. The van der Waals surface area contributed by atoms with E-state index in [0.717, 1.165) is 45.7 Å². The van der Waals surface area contributed by atoms with Crippen LogP contribution in [0.15, 0.2) is 94.7 Å². The lowest BCUT2D eigenvalue weighted by molar-refractivity contribution is -0.329. The van der Waals surface area contributed by atoms with Crippen LogP contribution in [0, 0.1) is 17.8 Å². The third-order valence-corrected chi connectivity index (χ3v) is 18.0. The highest BCUT2D eigenvalue weighted by Gasteiger charge is 2.54. The van der Waals surface area contributed by atoms with Crippen LogP contribution >= 0.6 is 0 Å². The Bertz CT molecular complexity index is 3230. The lowest BCUT2D eigenvalue weighted by Gasteiger charge is -2.43. The van der Waals surface area contributed by atoms with Crippen LogP contribution in [0.2, 0.25) is 0 Å². The van der Waals surface area contributed by atoms with E-state index in [2.05, 4.69) is 0 Å².